The molecule has 0 aliphatic rings. The van der Waals surface area contributed by atoms with Gasteiger partial charge < -0.3 is 42.7 Å². The van der Waals surface area contributed by atoms with Gasteiger partial charge in [-0.3, -0.25) is 0 Å². The molecule has 0 spiro atoms. The van der Waals surface area contributed by atoms with Crippen LogP contribution in [0.3, 0.4) is 0 Å². The first-order valence-electron chi connectivity index (χ1n) is 14.0. The summed E-state index contributed by atoms with van der Waals surface area (Å²) in [4.78, 5) is 0. The minimum absolute atomic E-state index is 0. The Hall–Kier alpha value is -1.68. The van der Waals surface area contributed by atoms with Gasteiger partial charge in [-0.1, -0.05) is 52.8 Å². The highest BCUT2D eigenvalue weighted by molar-refractivity contribution is 9.10. The van der Waals surface area contributed by atoms with E-state index in [1.807, 2.05) is 12.1 Å². The summed E-state index contributed by atoms with van der Waals surface area (Å²) < 4.78 is 32.3. The molecule has 0 heterocycles. The number of halogens is 3. The fourth-order valence-electron chi connectivity index (χ4n) is 5.12. The van der Waals surface area contributed by atoms with Gasteiger partial charge in [0.1, 0.15) is 43.6 Å². The minimum Gasteiger partial charge on any atom is -1.00 e. The van der Waals surface area contributed by atoms with E-state index in [1.54, 1.807) is 12.1 Å². The maximum absolute atomic E-state index is 13.4. The van der Waals surface area contributed by atoms with Crippen LogP contribution < -0.4 is 33.5 Å². The molecule has 0 saturated heterocycles. The van der Waals surface area contributed by atoms with Crippen molar-refractivity contribution in [1.29, 1.82) is 0 Å². The molecular formula is C34H46BrFINO3. The summed E-state index contributed by atoms with van der Waals surface area (Å²) in [5, 5.41) is 0. The van der Waals surface area contributed by atoms with Crippen molar-refractivity contribution >= 4 is 15.9 Å². The van der Waals surface area contributed by atoms with E-state index in [0.29, 0.717) is 30.9 Å². The smallest absolute Gasteiger partial charge is 0.137 e. The van der Waals surface area contributed by atoms with Crippen LogP contribution >= 0.6 is 15.9 Å². The third kappa shape index (κ3) is 12.6. The highest BCUT2D eigenvalue weighted by Gasteiger charge is 2.27. The molecule has 0 aliphatic heterocycles. The Labute approximate surface area is 272 Å². The molecule has 0 fully saturated rings. The van der Waals surface area contributed by atoms with E-state index in [2.05, 4.69) is 101 Å². The number of ether oxygens (including phenoxy) is 3. The van der Waals surface area contributed by atoms with Crippen LogP contribution in [-0.4, -0.2) is 44.9 Å². The molecule has 7 heteroatoms. The fourth-order valence-corrected chi connectivity index (χ4v) is 5.55. The van der Waals surface area contributed by atoms with Crippen LogP contribution in [-0.2, 0) is 23.3 Å². The molecule has 0 radical (unpaired) electrons. The summed E-state index contributed by atoms with van der Waals surface area (Å²) in [5.74, 6) is 1.40. The van der Waals surface area contributed by atoms with Crippen molar-refractivity contribution < 1.29 is 47.1 Å². The van der Waals surface area contributed by atoms with E-state index in [9.17, 15) is 4.39 Å². The Bertz CT molecular complexity index is 1210. The van der Waals surface area contributed by atoms with Crippen LogP contribution in [0, 0.1) is 11.2 Å². The summed E-state index contributed by atoms with van der Waals surface area (Å²) >= 11 is 3.22. The average molecular weight is 743 g/mol. The van der Waals surface area contributed by atoms with Gasteiger partial charge >= 0.3 is 0 Å². The molecule has 41 heavy (non-hydrogen) atoms. The maximum Gasteiger partial charge on any atom is 0.137 e. The summed E-state index contributed by atoms with van der Waals surface area (Å²) in [6.45, 7) is 15.4. The first kappa shape index (κ1) is 35.5. The normalized spacial score (nSPS) is 12.1. The van der Waals surface area contributed by atoms with Gasteiger partial charge in [-0.05, 0) is 92.8 Å². The molecule has 0 aromatic heterocycles. The zero-order valence-electron chi connectivity index (χ0n) is 25.6. The van der Waals surface area contributed by atoms with Crippen LogP contribution in [0.2, 0.25) is 0 Å². The van der Waals surface area contributed by atoms with Gasteiger partial charge in [-0.2, -0.15) is 0 Å². The predicted molar refractivity (Wildman–Crippen MR) is 165 cm³/mol. The molecule has 0 bridgehead atoms. The van der Waals surface area contributed by atoms with Crippen molar-refractivity contribution in [2.24, 2.45) is 5.41 Å². The van der Waals surface area contributed by atoms with E-state index in [1.165, 1.54) is 17.2 Å². The summed E-state index contributed by atoms with van der Waals surface area (Å²) in [6, 6.07) is 21.6. The number of likely N-dealkylation sites (N-methyl/N-ethyl adjacent to an activating group) is 1. The lowest BCUT2D eigenvalue weighted by atomic mass is 9.72. The number of hydrogen-bond acceptors (Lipinski definition) is 3. The topological polar surface area (TPSA) is 27.7 Å². The van der Waals surface area contributed by atoms with Crippen molar-refractivity contribution in [1.82, 2.24) is 0 Å². The average Bonchev–Trinajstić information content (AvgIpc) is 2.86. The largest absolute Gasteiger partial charge is 1.00 e. The van der Waals surface area contributed by atoms with Gasteiger partial charge in [0.15, 0.2) is 0 Å². The Morgan fingerprint density at radius 2 is 1.34 bits per heavy atom. The quantitative estimate of drug-likeness (QED) is 0.123. The Morgan fingerprint density at radius 3 is 1.95 bits per heavy atom. The standard InChI is InChI=1S/C34H46BrFNO3.HI/c1-33(2,3)25-34(4,5)28-11-15-29(16-12-28)39-21-20-38-19-18-37(6,7)23-26-8-13-30(14-9-26)40-24-27-10-17-32(36)31(35)22-27;/h8-17,22H,18-21,23-25H2,1-7H3;1H/q+1;/p-1. The van der Waals surface area contributed by atoms with E-state index in [4.69, 9.17) is 14.2 Å². The van der Waals surface area contributed by atoms with E-state index < -0.39 is 0 Å². The highest BCUT2D eigenvalue weighted by atomic mass is 127. The van der Waals surface area contributed by atoms with E-state index in [0.717, 1.165) is 41.1 Å². The third-order valence-corrected chi connectivity index (χ3v) is 7.48. The molecule has 226 valence electrons. The second-order valence-corrected chi connectivity index (χ2v) is 14.0. The Morgan fingerprint density at radius 1 is 0.756 bits per heavy atom. The summed E-state index contributed by atoms with van der Waals surface area (Å²) in [6.07, 6.45) is 1.12. The highest BCUT2D eigenvalue weighted by Crippen LogP contribution is 2.36. The van der Waals surface area contributed by atoms with Gasteiger partial charge in [-0.15, -0.1) is 0 Å². The van der Waals surface area contributed by atoms with Crippen LogP contribution in [0.25, 0.3) is 0 Å². The Kier molecular flexibility index (Phi) is 13.6. The maximum atomic E-state index is 13.4. The SMILES string of the molecule is CC(C)(C)CC(C)(C)c1ccc(OCCOCC[N+](C)(C)Cc2ccc(OCc3ccc(F)c(Br)c3)cc2)cc1.[I-]. The molecule has 0 atom stereocenters. The van der Waals surface area contributed by atoms with Gasteiger partial charge in [-0.25, -0.2) is 4.39 Å². The van der Waals surface area contributed by atoms with Crippen molar-refractivity contribution in [3.63, 3.8) is 0 Å². The molecule has 0 aliphatic carbocycles. The van der Waals surface area contributed by atoms with E-state index >= 15 is 0 Å². The predicted octanol–water partition coefficient (Wildman–Crippen LogP) is 5.56. The first-order valence-corrected chi connectivity index (χ1v) is 14.8. The number of hydrogen-bond donors (Lipinski definition) is 0. The Balaban J connectivity index is 0.00000588. The zero-order chi connectivity index (χ0) is 29.4. The van der Waals surface area contributed by atoms with Crippen molar-refractivity contribution in [3.8, 4) is 11.5 Å². The van der Waals surface area contributed by atoms with E-state index in [-0.39, 0.29) is 40.6 Å². The molecule has 3 aromatic rings. The van der Waals surface area contributed by atoms with Crippen molar-refractivity contribution in [2.75, 3.05) is 40.5 Å². The van der Waals surface area contributed by atoms with Gasteiger partial charge in [0.2, 0.25) is 0 Å². The number of nitrogens with zero attached hydrogens (tertiary/aromatic N) is 1. The van der Waals surface area contributed by atoms with Crippen LogP contribution in [0.5, 0.6) is 11.5 Å². The molecule has 0 saturated carbocycles. The number of benzene rings is 3. The van der Waals surface area contributed by atoms with Crippen molar-refractivity contribution in [3.05, 3.63) is 93.7 Å². The first-order chi connectivity index (χ1) is 18.7. The third-order valence-electron chi connectivity index (χ3n) is 6.87. The summed E-state index contributed by atoms with van der Waals surface area (Å²) in [7, 11) is 4.42. The molecular weight excluding hydrogens is 696 g/mol. The minimum atomic E-state index is -0.274. The fraction of sp³-hybridized carbons (Fsp3) is 0.471. The molecule has 0 N–H and O–H groups in total. The molecule has 3 rings (SSSR count). The molecule has 4 nitrogen and oxygen atoms in total. The lowest BCUT2D eigenvalue weighted by Gasteiger charge is -2.33. The van der Waals surface area contributed by atoms with Gasteiger partial charge in [0, 0.05) is 5.56 Å². The lowest BCUT2D eigenvalue weighted by Crippen LogP contribution is -3.00. The molecule has 0 unspecified atom stereocenters. The lowest BCUT2D eigenvalue weighted by molar-refractivity contribution is -0.904. The molecule has 0 amide bonds. The van der Waals surface area contributed by atoms with Crippen LogP contribution in [0.15, 0.2) is 71.2 Å². The molecule has 3 aromatic carbocycles. The van der Waals surface area contributed by atoms with Crippen LogP contribution in [0.1, 0.15) is 57.7 Å². The summed E-state index contributed by atoms with van der Waals surface area (Å²) in [5.41, 5.74) is 3.90. The van der Waals surface area contributed by atoms with Crippen molar-refractivity contribution in [2.45, 2.75) is 59.6 Å². The van der Waals surface area contributed by atoms with Gasteiger partial charge in [0.25, 0.3) is 0 Å². The van der Waals surface area contributed by atoms with Crippen LogP contribution in [0.4, 0.5) is 4.39 Å². The monoisotopic (exact) mass is 741 g/mol. The second-order valence-electron chi connectivity index (χ2n) is 13.1. The number of quaternary nitrogens is 1. The second kappa shape index (κ2) is 15.7. The number of rotatable bonds is 14. The zero-order valence-corrected chi connectivity index (χ0v) is 29.3. The van der Waals surface area contributed by atoms with Gasteiger partial charge in [0.05, 0.1) is 31.8 Å².